The third kappa shape index (κ3) is 1.26. The summed E-state index contributed by atoms with van der Waals surface area (Å²) in [6.45, 7) is 0. The average Bonchev–Trinajstić information content (AvgIpc) is 2.46. The first-order valence-corrected chi connectivity index (χ1v) is 5.32. The molecule has 11 heavy (non-hydrogen) atoms. The van der Waals surface area contributed by atoms with Crippen molar-refractivity contribution in [2.75, 3.05) is 6.26 Å². The molecule has 0 fully saturated rings. The SMILES string of the molecule is CSc1cc2cnccc2s1. The summed E-state index contributed by atoms with van der Waals surface area (Å²) in [6, 6.07) is 4.23. The van der Waals surface area contributed by atoms with E-state index in [-0.39, 0.29) is 0 Å². The number of pyridine rings is 1. The lowest BCUT2D eigenvalue weighted by Crippen LogP contribution is -1.64. The van der Waals surface area contributed by atoms with Crippen molar-refractivity contribution in [3.63, 3.8) is 0 Å². The Balaban J connectivity index is 2.69. The monoisotopic (exact) mass is 181 g/mol. The number of fused-ring (bicyclic) bond motifs is 1. The Bertz CT molecular complexity index is 334. The molecule has 0 atom stereocenters. The highest BCUT2D eigenvalue weighted by molar-refractivity contribution is 8.00. The van der Waals surface area contributed by atoms with E-state index in [0.29, 0.717) is 0 Å². The number of hydrogen-bond donors (Lipinski definition) is 0. The summed E-state index contributed by atoms with van der Waals surface area (Å²) in [5, 5.41) is 1.25. The van der Waals surface area contributed by atoms with Gasteiger partial charge in [-0.25, -0.2) is 0 Å². The number of nitrogens with zero attached hydrogens (tertiary/aromatic N) is 1. The highest BCUT2D eigenvalue weighted by Crippen LogP contribution is 2.30. The van der Waals surface area contributed by atoms with Crippen LogP contribution in [0.4, 0.5) is 0 Å². The van der Waals surface area contributed by atoms with Gasteiger partial charge >= 0.3 is 0 Å². The fourth-order valence-electron chi connectivity index (χ4n) is 0.961. The first-order chi connectivity index (χ1) is 5.40. The number of thiophene rings is 1. The minimum atomic E-state index is 1.25. The van der Waals surface area contributed by atoms with E-state index >= 15 is 0 Å². The Morgan fingerprint density at radius 3 is 3.18 bits per heavy atom. The second kappa shape index (κ2) is 2.83. The van der Waals surface area contributed by atoms with Gasteiger partial charge in [-0.15, -0.1) is 23.1 Å². The highest BCUT2D eigenvalue weighted by Gasteiger charge is 1.98. The smallest absolute Gasteiger partial charge is 0.0609 e. The molecule has 0 aliphatic heterocycles. The predicted octanol–water partition coefficient (Wildman–Crippen LogP) is 3.02. The van der Waals surface area contributed by atoms with Crippen molar-refractivity contribution in [3.05, 3.63) is 24.5 Å². The Morgan fingerprint density at radius 2 is 2.45 bits per heavy atom. The van der Waals surface area contributed by atoms with Crippen LogP contribution in [0.2, 0.25) is 0 Å². The quantitative estimate of drug-likeness (QED) is 0.627. The summed E-state index contributed by atoms with van der Waals surface area (Å²) < 4.78 is 2.68. The zero-order valence-electron chi connectivity index (χ0n) is 6.07. The molecule has 0 unspecified atom stereocenters. The van der Waals surface area contributed by atoms with Crippen molar-refractivity contribution in [2.45, 2.75) is 4.21 Å². The minimum Gasteiger partial charge on any atom is -0.264 e. The Kier molecular flexibility index (Phi) is 1.84. The summed E-state index contributed by atoms with van der Waals surface area (Å²) in [5.74, 6) is 0. The minimum absolute atomic E-state index is 1.25. The van der Waals surface area contributed by atoms with Crippen molar-refractivity contribution in [1.29, 1.82) is 0 Å². The molecule has 0 saturated carbocycles. The topological polar surface area (TPSA) is 12.9 Å². The summed E-state index contributed by atoms with van der Waals surface area (Å²) in [4.78, 5) is 4.06. The normalized spacial score (nSPS) is 10.6. The van der Waals surface area contributed by atoms with Gasteiger partial charge in [0.2, 0.25) is 0 Å². The lowest BCUT2D eigenvalue weighted by Gasteiger charge is -1.81. The van der Waals surface area contributed by atoms with Crippen LogP contribution in [0.3, 0.4) is 0 Å². The number of rotatable bonds is 1. The maximum atomic E-state index is 4.06. The van der Waals surface area contributed by atoms with E-state index < -0.39 is 0 Å². The molecule has 2 heterocycles. The van der Waals surface area contributed by atoms with Crippen LogP contribution in [0, 0.1) is 0 Å². The van der Waals surface area contributed by atoms with Gasteiger partial charge in [-0.05, 0) is 18.4 Å². The molecular weight excluding hydrogens is 174 g/mol. The Morgan fingerprint density at radius 1 is 1.55 bits per heavy atom. The lowest BCUT2D eigenvalue weighted by molar-refractivity contribution is 1.37. The number of thioether (sulfide) groups is 1. The number of hydrogen-bond acceptors (Lipinski definition) is 3. The molecular formula is C8H7NS2. The van der Waals surface area contributed by atoms with Gasteiger partial charge in [-0.2, -0.15) is 0 Å². The molecule has 0 spiro atoms. The van der Waals surface area contributed by atoms with E-state index in [1.807, 2.05) is 23.7 Å². The van der Waals surface area contributed by atoms with Gasteiger partial charge in [0.05, 0.1) is 4.21 Å². The van der Waals surface area contributed by atoms with E-state index in [4.69, 9.17) is 0 Å². The zero-order valence-corrected chi connectivity index (χ0v) is 7.71. The Labute approximate surface area is 73.5 Å². The Hall–Kier alpha value is -0.540. The van der Waals surface area contributed by atoms with Gasteiger partial charge in [-0.1, -0.05) is 0 Å². The standard InChI is InChI=1S/C8H7NS2/c1-10-8-4-6-5-9-3-2-7(6)11-8/h2-5H,1H3. The number of aromatic nitrogens is 1. The van der Waals surface area contributed by atoms with Crippen LogP contribution in [0.25, 0.3) is 10.1 Å². The molecule has 0 amide bonds. The molecule has 0 N–H and O–H groups in total. The van der Waals surface area contributed by atoms with Gasteiger partial charge in [0.1, 0.15) is 0 Å². The lowest BCUT2D eigenvalue weighted by atomic mass is 10.4. The largest absolute Gasteiger partial charge is 0.264 e. The van der Waals surface area contributed by atoms with Crippen molar-refractivity contribution in [1.82, 2.24) is 4.98 Å². The molecule has 2 aromatic heterocycles. The van der Waals surface area contributed by atoms with Crippen LogP contribution in [0.1, 0.15) is 0 Å². The molecule has 2 rings (SSSR count). The molecule has 0 aliphatic carbocycles. The van der Waals surface area contributed by atoms with E-state index in [0.717, 1.165) is 0 Å². The average molecular weight is 181 g/mol. The van der Waals surface area contributed by atoms with Crippen LogP contribution in [0.5, 0.6) is 0 Å². The third-order valence-electron chi connectivity index (χ3n) is 1.50. The van der Waals surface area contributed by atoms with Crippen LogP contribution >= 0.6 is 23.1 Å². The third-order valence-corrected chi connectivity index (χ3v) is 3.68. The molecule has 1 nitrogen and oxygen atoms in total. The summed E-state index contributed by atoms with van der Waals surface area (Å²) in [5.41, 5.74) is 0. The molecule has 0 aliphatic rings. The van der Waals surface area contributed by atoms with Crippen molar-refractivity contribution in [3.8, 4) is 0 Å². The molecule has 2 aromatic rings. The van der Waals surface area contributed by atoms with E-state index in [1.165, 1.54) is 14.3 Å². The molecule has 0 radical (unpaired) electrons. The predicted molar refractivity (Wildman–Crippen MR) is 51.4 cm³/mol. The van der Waals surface area contributed by atoms with Crippen molar-refractivity contribution < 1.29 is 0 Å². The van der Waals surface area contributed by atoms with Gasteiger partial charge in [0.25, 0.3) is 0 Å². The first kappa shape index (κ1) is 7.13. The maximum absolute atomic E-state index is 4.06. The fraction of sp³-hybridized carbons (Fsp3) is 0.125. The summed E-state index contributed by atoms with van der Waals surface area (Å²) >= 11 is 3.61. The van der Waals surface area contributed by atoms with Crippen LogP contribution in [-0.4, -0.2) is 11.2 Å². The first-order valence-electron chi connectivity index (χ1n) is 3.28. The van der Waals surface area contributed by atoms with Crippen LogP contribution < -0.4 is 0 Å². The van der Waals surface area contributed by atoms with Gasteiger partial charge in [0, 0.05) is 22.5 Å². The molecule has 0 aromatic carbocycles. The molecule has 3 heteroatoms. The van der Waals surface area contributed by atoms with E-state index in [2.05, 4.69) is 23.4 Å². The maximum Gasteiger partial charge on any atom is 0.0609 e. The highest BCUT2D eigenvalue weighted by atomic mass is 32.2. The summed E-state index contributed by atoms with van der Waals surface area (Å²) in [6.07, 6.45) is 5.84. The second-order valence-electron chi connectivity index (χ2n) is 2.18. The zero-order chi connectivity index (χ0) is 7.68. The molecule has 0 saturated heterocycles. The molecule has 56 valence electrons. The summed E-state index contributed by atoms with van der Waals surface area (Å²) in [7, 11) is 0. The van der Waals surface area contributed by atoms with E-state index in [9.17, 15) is 0 Å². The van der Waals surface area contributed by atoms with Gasteiger partial charge in [0.15, 0.2) is 0 Å². The second-order valence-corrected chi connectivity index (χ2v) is 4.37. The fourth-order valence-corrected chi connectivity index (χ4v) is 2.57. The molecule has 0 bridgehead atoms. The van der Waals surface area contributed by atoms with Gasteiger partial charge in [-0.3, -0.25) is 4.98 Å². The van der Waals surface area contributed by atoms with Gasteiger partial charge < -0.3 is 0 Å². The van der Waals surface area contributed by atoms with Crippen molar-refractivity contribution in [2.24, 2.45) is 0 Å². The van der Waals surface area contributed by atoms with Crippen LogP contribution in [0.15, 0.2) is 28.7 Å². The van der Waals surface area contributed by atoms with E-state index in [1.54, 1.807) is 11.8 Å². The van der Waals surface area contributed by atoms with Crippen molar-refractivity contribution >= 4 is 33.2 Å². The van der Waals surface area contributed by atoms with Crippen LogP contribution in [-0.2, 0) is 0 Å².